The van der Waals surface area contributed by atoms with Crippen molar-refractivity contribution in [2.24, 2.45) is 0 Å². The molecule has 0 aliphatic heterocycles. The smallest absolute Gasteiger partial charge is 0.195 e. The summed E-state index contributed by atoms with van der Waals surface area (Å²) in [5.74, 6) is 0.0494. The van der Waals surface area contributed by atoms with Crippen molar-refractivity contribution < 1.29 is 14.3 Å². The minimum absolute atomic E-state index is 0.0494. The Labute approximate surface area is 67.0 Å². The summed E-state index contributed by atoms with van der Waals surface area (Å²) >= 11 is 0. The van der Waals surface area contributed by atoms with Gasteiger partial charge in [-0.15, -0.1) is 0 Å². The van der Waals surface area contributed by atoms with Crippen molar-refractivity contribution in [2.45, 2.75) is 26.6 Å². The SMILES string of the molecule is CCC(=O)/C=C/OC(C)OC. The Balaban J connectivity index is 3.51. The van der Waals surface area contributed by atoms with E-state index in [-0.39, 0.29) is 12.1 Å². The van der Waals surface area contributed by atoms with Gasteiger partial charge in [-0.25, -0.2) is 0 Å². The summed E-state index contributed by atoms with van der Waals surface area (Å²) in [4.78, 5) is 10.7. The number of ketones is 1. The molecule has 0 N–H and O–H groups in total. The quantitative estimate of drug-likeness (QED) is 0.345. The van der Waals surface area contributed by atoms with E-state index in [1.165, 1.54) is 12.3 Å². The van der Waals surface area contributed by atoms with Crippen molar-refractivity contribution in [1.29, 1.82) is 0 Å². The summed E-state index contributed by atoms with van der Waals surface area (Å²) in [7, 11) is 1.54. The molecule has 0 aliphatic carbocycles. The van der Waals surface area contributed by atoms with Gasteiger partial charge in [0.2, 0.25) is 0 Å². The molecule has 0 rings (SSSR count). The Kier molecular flexibility index (Phi) is 5.47. The Hall–Kier alpha value is -0.830. The maximum Gasteiger partial charge on any atom is 0.195 e. The van der Waals surface area contributed by atoms with Gasteiger partial charge in [-0.1, -0.05) is 6.92 Å². The highest BCUT2D eigenvalue weighted by Gasteiger charge is 1.94. The predicted octanol–water partition coefficient (Wildman–Crippen LogP) is 1.49. The lowest BCUT2D eigenvalue weighted by molar-refractivity contribution is -0.114. The molecule has 0 fully saturated rings. The number of allylic oxidation sites excluding steroid dienone is 1. The van der Waals surface area contributed by atoms with Crippen molar-refractivity contribution >= 4 is 5.78 Å². The van der Waals surface area contributed by atoms with Crippen molar-refractivity contribution in [2.75, 3.05) is 7.11 Å². The van der Waals surface area contributed by atoms with E-state index in [0.29, 0.717) is 6.42 Å². The van der Waals surface area contributed by atoms with Gasteiger partial charge in [-0.3, -0.25) is 4.79 Å². The van der Waals surface area contributed by atoms with Crippen LogP contribution in [0.2, 0.25) is 0 Å². The fourth-order valence-corrected chi connectivity index (χ4v) is 0.399. The molecule has 0 saturated carbocycles. The van der Waals surface area contributed by atoms with Crippen LogP contribution in [0, 0.1) is 0 Å². The van der Waals surface area contributed by atoms with Crippen LogP contribution in [0.3, 0.4) is 0 Å². The zero-order valence-electron chi connectivity index (χ0n) is 7.16. The fraction of sp³-hybridized carbons (Fsp3) is 0.625. The lowest BCUT2D eigenvalue weighted by Crippen LogP contribution is -2.05. The third-order valence-electron chi connectivity index (χ3n) is 1.20. The molecule has 0 heterocycles. The third-order valence-corrected chi connectivity index (χ3v) is 1.20. The van der Waals surface area contributed by atoms with Crippen molar-refractivity contribution in [3.8, 4) is 0 Å². The van der Waals surface area contributed by atoms with Crippen LogP contribution in [0.1, 0.15) is 20.3 Å². The van der Waals surface area contributed by atoms with E-state index in [4.69, 9.17) is 9.47 Å². The molecule has 0 aromatic carbocycles. The lowest BCUT2D eigenvalue weighted by atomic mass is 10.3. The molecule has 11 heavy (non-hydrogen) atoms. The average Bonchev–Trinajstić information content (AvgIpc) is 2.04. The van der Waals surface area contributed by atoms with Gasteiger partial charge >= 0.3 is 0 Å². The number of carbonyl (C=O) groups excluding carboxylic acids is 1. The Bertz CT molecular complexity index is 140. The molecule has 0 radical (unpaired) electrons. The van der Waals surface area contributed by atoms with Gasteiger partial charge in [0, 0.05) is 19.6 Å². The second kappa shape index (κ2) is 5.92. The van der Waals surface area contributed by atoms with Gasteiger partial charge < -0.3 is 9.47 Å². The lowest BCUT2D eigenvalue weighted by Gasteiger charge is -2.06. The van der Waals surface area contributed by atoms with Gasteiger partial charge in [0.15, 0.2) is 12.1 Å². The Morgan fingerprint density at radius 3 is 2.73 bits per heavy atom. The monoisotopic (exact) mass is 158 g/mol. The first-order valence-corrected chi connectivity index (χ1v) is 3.58. The van der Waals surface area contributed by atoms with Crippen LogP contribution < -0.4 is 0 Å². The first-order chi connectivity index (χ1) is 5.20. The standard InChI is InChI=1S/C8H14O3/c1-4-8(9)5-6-11-7(2)10-3/h5-7H,4H2,1-3H3/b6-5+. The number of ether oxygens (including phenoxy) is 2. The summed E-state index contributed by atoms with van der Waals surface area (Å²) in [6.07, 6.45) is 2.97. The minimum Gasteiger partial charge on any atom is -0.473 e. The maximum atomic E-state index is 10.7. The topological polar surface area (TPSA) is 35.5 Å². The third kappa shape index (κ3) is 5.61. The number of methoxy groups -OCH3 is 1. The van der Waals surface area contributed by atoms with Crippen molar-refractivity contribution in [3.63, 3.8) is 0 Å². The molecule has 1 atom stereocenters. The Morgan fingerprint density at radius 2 is 2.27 bits per heavy atom. The molecule has 3 nitrogen and oxygen atoms in total. The fourth-order valence-electron chi connectivity index (χ4n) is 0.399. The first-order valence-electron chi connectivity index (χ1n) is 3.58. The zero-order valence-corrected chi connectivity index (χ0v) is 7.16. The second-order valence-corrected chi connectivity index (χ2v) is 2.06. The van der Waals surface area contributed by atoms with Crippen molar-refractivity contribution in [3.05, 3.63) is 12.3 Å². The van der Waals surface area contributed by atoms with E-state index in [9.17, 15) is 4.79 Å². The normalized spacial score (nSPS) is 13.4. The molecule has 0 spiro atoms. The van der Waals surface area contributed by atoms with Crippen LogP contribution in [-0.2, 0) is 14.3 Å². The molecular formula is C8H14O3. The highest BCUT2D eigenvalue weighted by Crippen LogP contribution is 1.92. The number of carbonyl (C=O) groups is 1. The van der Waals surface area contributed by atoms with Crippen LogP contribution in [0.25, 0.3) is 0 Å². The van der Waals surface area contributed by atoms with Crippen LogP contribution in [0.4, 0.5) is 0 Å². The van der Waals surface area contributed by atoms with Crippen LogP contribution in [-0.4, -0.2) is 19.2 Å². The van der Waals surface area contributed by atoms with Gasteiger partial charge in [0.1, 0.15) is 0 Å². The highest BCUT2D eigenvalue weighted by atomic mass is 16.7. The maximum absolute atomic E-state index is 10.7. The first kappa shape index (κ1) is 10.2. The number of hydrogen-bond acceptors (Lipinski definition) is 3. The Morgan fingerprint density at radius 1 is 1.64 bits per heavy atom. The molecule has 0 aliphatic rings. The predicted molar refractivity (Wildman–Crippen MR) is 42.0 cm³/mol. The summed E-state index contributed by atoms with van der Waals surface area (Å²) in [5, 5.41) is 0. The summed E-state index contributed by atoms with van der Waals surface area (Å²) in [6, 6.07) is 0. The van der Waals surface area contributed by atoms with Crippen LogP contribution >= 0.6 is 0 Å². The number of rotatable bonds is 5. The highest BCUT2D eigenvalue weighted by molar-refractivity contribution is 5.89. The van der Waals surface area contributed by atoms with E-state index >= 15 is 0 Å². The summed E-state index contributed by atoms with van der Waals surface area (Å²) in [5.41, 5.74) is 0. The molecule has 0 aromatic rings. The molecule has 0 amide bonds. The molecule has 1 unspecified atom stereocenters. The summed E-state index contributed by atoms with van der Waals surface area (Å²) < 4.78 is 9.72. The minimum atomic E-state index is -0.295. The van der Waals surface area contributed by atoms with E-state index in [0.717, 1.165) is 0 Å². The largest absolute Gasteiger partial charge is 0.473 e. The molecule has 0 aromatic heterocycles. The van der Waals surface area contributed by atoms with Crippen LogP contribution in [0.15, 0.2) is 12.3 Å². The van der Waals surface area contributed by atoms with Crippen molar-refractivity contribution in [1.82, 2.24) is 0 Å². The van der Waals surface area contributed by atoms with Crippen LogP contribution in [0.5, 0.6) is 0 Å². The van der Waals surface area contributed by atoms with Gasteiger partial charge in [0.25, 0.3) is 0 Å². The average molecular weight is 158 g/mol. The second-order valence-electron chi connectivity index (χ2n) is 2.06. The zero-order chi connectivity index (χ0) is 8.69. The van der Waals surface area contributed by atoms with E-state index in [1.807, 2.05) is 0 Å². The molecule has 0 bridgehead atoms. The van der Waals surface area contributed by atoms with Gasteiger partial charge in [-0.2, -0.15) is 0 Å². The van der Waals surface area contributed by atoms with Gasteiger partial charge in [-0.05, 0) is 6.92 Å². The van der Waals surface area contributed by atoms with E-state index in [2.05, 4.69) is 0 Å². The summed E-state index contributed by atoms with van der Waals surface area (Å²) in [6.45, 7) is 3.55. The molecular weight excluding hydrogens is 144 g/mol. The van der Waals surface area contributed by atoms with Gasteiger partial charge in [0.05, 0.1) is 6.26 Å². The molecule has 64 valence electrons. The van der Waals surface area contributed by atoms with E-state index in [1.54, 1.807) is 21.0 Å². The van der Waals surface area contributed by atoms with E-state index < -0.39 is 0 Å². The molecule has 0 saturated heterocycles. The molecule has 3 heteroatoms. The number of hydrogen-bond donors (Lipinski definition) is 0.